The van der Waals surface area contributed by atoms with Crippen LogP contribution in [0.2, 0.25) is 0 Å². The molecule has 0 aliphatic heterocycles. The van der Waals surface area contributed by atoms with Crippen molar-refractivity contribution in [2.24, 2.45) is 5.10 Å². The van der Waals surface area contributed by atoms with Crippen molar-refractivity contribution in [3.8, 4) is 11.5 Å². The second-order valence-electron chi connectivity index (χ2n) is 6.72. The topological polar surface area (TPSA) is 77.0 Å². The lowest BCUT2D eigenvalue weighted by atomic mass is 10.2. The summed E-state index contributed by atoms with van der Waals surface area (Å²) < 4.78 is 49.1. The molecule has 8 heteroatoms. The number of ether oxygens (including phenoxy) is 2. The standard InChI is InChI=1S/C23H23FN2O4S/c1-3-29-23-14-19(8-13-22(23)30-16-18-6-9-20(24)10-7-18)15-25-26-31(27,28)21-11-4-17(2)5-12-21/h4-15,26H,3,16H2,1-2H3/b25-15-. The number of nitrogens with one attached hydrogen (secondary N) is 1. The number of halogens is 1. The zero-order chi connectivity index (χ0) is 22.3. The smallest absolute Gasteiger partial charge is 0.276 e. The Kier molecular flexibility index (Phi) is 7.25. The second kappa shape index (κ2) is 10.1. The Morgan fingerprint density at radius 1 is 0.968 bits per heavy atom. The number of hydrogen-bond acceptors (Lipinski definition) is 5. The summed E-state index contributed by atoms with van der Waals surface area (Å²) in [6.07, 6.45) is 1.39. The number of aryl methyl sites for hydroxylation is 1. The molecule has 0 atom stereocenters. The molecule has 0 aliphatic carbocycles. The van der Waals surface area contributed by atoms with Crippen molar-refractivity contribution in [2.45, 2.75) is 25.3 Å². The van der Waals surface area contributed by atoms with E-state index in [0.717, 1.165) is 11.1 Å². The fourth-order valence-corrected chi connectivity index (χ4v) is 3.47. The third kappa shape index (κ3) is 6.29. The van der Waals surface area contributed by atoms with Crippen molar-refractivity contribution in [2.75, 3.05) is 6.61 Å². The summed E-state index contributed by atoms with van der Waals surface area (Å²) in [7, 11) is -3.75. The summed E-state index contributed by atoms with van der Waals surface area (Å²) >= 11 is 0. The highest BCUT2D eigenvalue weighted by Crippen LogP contribution is 2.29. The van der Waals surface area contributed by atoms with Crippen molar-refractivity contribution >= 4 is 16.2 Å². The van der Waals surface area contributed by atoms with Crippen molar-refractivity contribution in [3.63, 3.8) is 0 Å². The molecule has 0 bridgehead atoms. The molecule has 0 saturated heterocycles. The average molecular weight is 443 g/mol. The quantitative estimate of drug-likeness (QED) is 0.393. The van der Waals surface area contributed by atoms with Gasteiger partial charge in [-0.2, -0.15) is 13.5 Å². The first kappa shape index (κ1) is 22.3. The lowest BCUT2D eigenvalue weighted by Gasteiger charge is -2.12. The average Bonchev–Trinajstić information content (AvgIpc) is 2.75. The van der Waals surface area contributed by atoms with Crippen LogP contribution >= 0.6 is 0 Å². The van der Waals surface area contributed by atoms with E-state index >= 15 is 0 Å². The van der Waals surface area contributed by atoms with Crippen LogP contribution in [0.4, 0.5) is 4.39 Å². The van der Waals surface area contributed by atoms with E-state index in [1.54, 1.807) is 42.5 Å². The molecule has 0 heterocycles. The highest BCUT2D eigenvalue weighted by molar-refractivity contribution is 7.89. The first-order valence-electron chi connectivity index (χ1n) is 9.63. The van der Waals surface area contributed by atoms with Crippen molar-refractivity contribution < 1.29 is 22.3 Å². The lowest BCUT2D eigenvalue weighted by molar-refractivity contribution is 0.269. The molecule has 31 heavy (non-hydrogen) atoms. The minimum Gasteiger partial charge on any atom is -0.490 e. The third-order valence-corrected chi connectivity index (χ3v) is 5.53. The van der Waals surface area contributed by atoms with Gasteiger partial charge in [0.05, 0.1) is 17.7 Å². The van der Waals surface area contributed by atoms with Gasteiger partial charge in [-0.05, 0) is 67.4 Å². The molecule has 0 unspecified atom stereocenters. The first-order valence-corrected chi connectivity index (χ1v) is 11.1. The highest BCUT2D eigenvalue weighted by atomic mass is 32.2. The van der Waals surface area contributed by atoms with E-state index in [1.165, 1.54) is 30.5 Å². The minimum absolute atomic E-state index is 0.134. The van der Waals surface area contributed by atoms with Gasteiger partial charge in [0.25, 0.3) is 10.0 Å². The van der Waals surface area contributed by atoms with Gasteiger partial charge in [0.1, 0.15) is 12.4 Å². The molecular formula is C23H23FN2O4S. The lowest BCUT2D eigenvalue weighted by Crippen LogP contribution is -2.18. The number of hydrogen-bond donors (Lipinski definition) is 1. The van der Waals surface area contributed by atoms with Crippen LogP contribution in [0, 0.1) is 12.7 Å². The normalized spacial score (nSPS) is 11.5. The van der Waals surface area contributed by atoms with Crippen molar-refractivity contribution in [1.29, 1.82) is 0 Å². The number of nitrogens with zero attached hydrogens (tertiary/aromatic N) is 1. The van der Waals surface area contributed by atoms with E-state index in [9.17, 15) is 12.8 Å². The molecule has 162 valence electrons. The van der Waals surface area contributed by atoms with Gasteiger partial charge in [-0.15, -0.1) is 0 Å². The SMILES string of the molecule is CCOc1cc(/C=N\NS(=O)(=O)c2ccc(C)cc2)ccc1OCc1ccc(F)cc1. The van der Waals surface area contributed by atoms with E-state index in [4.69, 9.17) is 9.47 Å². The molecule has 0 fully saturated rings. The highest BCUT2D eigenvalue weighted by Gasteiger charge is 2.12. The summed E-state index contributed by atoms with van der Waals surface area (Å²) in [5.41, 5.74) is 2.41. The zero-order valence-corrected chi connectivity index (χ0v) is 18.0. The molecule has 0 aromatic heterocycles. The first-order chi connectivity index (χ1) is 14.9. The van der Waals surface area contributed by atoms with Crippen LogP contribution in [0.25, 0.3) is 0 Å². The Bertz CT molecular complexity index is 1150. The van der Waals surface area contributed by atoms with E-state index < -0.39 is 10.0 Å². The predicted octanol–water partition coefficient (Wildman–Crippen LogP) is 4.42. The van der Waals surface area contributed by atoms with Gasteiger partial charge in [-0.1, -0.05) is 29.8 Å². The summed E-state index contributed by atoms with van der Waals surface area (Å²) in [6.45, 7) is 4.41. The van der Waals surface area contributed by atoms with Crippen LogP contribution < -0.4 is 14.3 Å². The Morgan fingerprint density at radius 2 is 1.68 bits per heavy atom. The maximum Gasteiger partial charge on any atom is 0.276 e. The van der Waals surface area contributed by atoms with Gasteiger partial charge < -0.3 is 9.47 Å². The molecule has 0 amide bonds. The van der Waals surface area contributed by atoms with Crippen LogP contribution in [0.15, 0.2) is 76.7 Å². The fourth-order valence-electron chi connectivity index (χ4n) is 2.67. The zero-order valence-electron chi connectivity index (χ0n) is 17.2. The fraction of sp³-hybridized carbons (Fsp3) is 0.174. The summed E-state index contributed by atoms with van der Waals surface area (Å²) in [5, 5.41) is 3.85. The Labute approximate surface area is 181 Å². The number of benzene rings is 3. The van der Waals surface area contributed by atoms with Crippen molar-refractivity contribution in [3.05, 3.63) is 89.2 Å². The molecule has 0 spiro atoms. The molecule has 0 radical (unpaired) electrons. The molecule has 3 aromatic carbocycles. The van der Waals surface area contributed by atoms with Crippen LogP contribution in [-0.4, -0.2) is 21.2 Å². The molecule has 0 aliphatic rings. The monoisotopic (exact) mass is 442 g/mol. The van der Waals surface area contributed by atoms with E-state index in [-0.39, 0.29) is 17.3 Å². The van der Waals surface area contributed by atoms with Crippen molar-refractivity contribution in [1.82, 2.24) is 4.83 Å². The van der Waals surface area contributed by atoms with Crippen LogP contribution in [0.3, 0.4) is 0 Å². The van der Waals surface area contributed by atoms with Gasteiger partial charge in [-0.25, -0.2) is 9.22 Å². The predicted molar refractivity (Wildman–Crippen MR) is 117 cm³/mol. The van der Waals surface area contributed by atoms with Gasteiger partial charge >= 0.3 is 0 Å². The molecule has 6 nitrogen and oxygen atoms in total. The molecular weight excluding hydrogens is 419 g/mol. The van der Waals surface area contributed by atoms with Crippen LogP contribution in [-0.2, 0) is 16.6 Å². The maximum absolute atomic E-state index is 13.0. The number of rotatable bonds is 9. The van der Waals surface area contributed by atoms with Gasteiger partial charge in [0.2, 0.25) is 0 Å². The molecule has 3 aromatic rings. The number of hydrazone groups is 1. The van der Waals surface area contributed by atoms with E-state index in [2.05, 4.69) is 9.93 Å². The molecule has 0 saturated carbocycles. The van der Waals surface area contributed by atoms with Gasteiger partial charge in [0, 0.05) is 0 Å². The Morgan fingerprint density at radius 3 is 2.35 bits per heavy atom. The summed E-state index contributed by atoms with van der Waals surface area (Å²) in [4.78, 5) is 2.33. The van der Waals surface area contributed by atoms with Gasteiger partial charge in [-0.3, -0.25) is 0 Å². The second-order valence-corrected chi connectivity index (χ2v) is 8.38. The van der Waals surface area contributed by atoms with Gasteiger partial charge in [0.15, 0.2) is 11.5 Å². The van der Waals surface area contributed by atoms with Crippen LogP contribution in [0.1, 0.15) is 23.6 Å². The largest absolute Gasteiger partial charge is 0.490 e. The summed E-state index contributed by atoms with van der Waals surface area (Å²) in [6, 6.07) is 17.7. The van der Waals surface area contributed by atoms with Crippen LogP contribution in [0.5, 0.6) is 11.5 Å². The summed E-state index contributed by atoms with van der Waals surface area (Å²) in [5.74, 6) is 0.707. The Hall–Kier alpha value is -3.39. The third-order valence-electron chi connectivity index (χ3n) is 4.29. The maximum atomic E-state index is 13.0. The van der Waals surface area contributed by atoms with E-state index in [1.807, 2.05) is 13.8 Å². The number of sulfonamides is 1. The van der Waals surface area contributed by atoms with E-state index in [0.29, 0.717) is 23.7 Å². The molecule has 1 N–H and O–H groups in total. The minimum atomic E-state index is -3.75. The Balaban J connectivity index is 1.69. The molecule has 3 rings (SSSR count).